The number of hydrogen-bond donors (Lipinski definition) is 4. The molecule has 9 heteroatoms. The Kier molecular flexibility index (Phi) is 7.36. The largest absolute Gasteiger partial charge is 0.372 e. The maximum Gasteiger partial charge on any atom is 0.248 e. The fraction of sp³-hybridized carbons (Fsp3) is 0.227. The van der Waals surface area contributed by atoms with Crippen molar-refractivity contribution >= 4 is 29.6 Å². The van der Waals surface area contributed by atoms with Crippen molar-refractivity contribution in [1.82, 2.24) is 25.0 Å². The second kappa shape index (κ2) is 10.4. The lowest BCUT2D eigenvalue weighted by atomic mass is 10.1. The molecule has 31 heavy (non-hydrogen) atoms. The van der Waals surface area contributed by atoms with E-state index in [1.807, 2.05) is 24.3 Å². The highest BCUT2D eigenvalue weighted by Crippen LogP contribution is 2.21. The van der Waals surface area contributed by atoms with Crippen LogP contribution >= 0.6 is 0 Å². The van der Waals surface area contributed by atoms with Gasteiger partial charge in [-0.15, -0.1) is 5.10 Å². The number of nitrogen functional groups attached to an aromatic ring is 1. The summed E-state index contributed by atoms with van der Waals surface area (Å²) >= 11 is 0. The van der Waals surface area contributed by atoms with E-state index >= 15 is 0 Å². The summed E-state index contributed by atoms with van der Waals surface area (Å²) < 4.78 is 1.65. The number of rotatable bonds is 6. The van der Waals surface area contributed by atoms with Crippen molar-refractivity contribution in [2.24, 2.45) is 5.73 Å². The summed E-state index contributed by atoms with van der Waals surface area (Å²) in [7, 11) is 4.11. The van der Waals surface area contributed by atoms with Gasteiger partial charge >= 0.3 is 0 Å². The van der Waals surface area contributed by atoms with Gasteiger partial charge in [-0.05, 0) is 55.1 Å². The zero-order chi connectivity index (χ0) is 22.2. The van der Waals surface area contributed by atoms with Crippen LogP contribution in [0.3, 0.4) is 0 Å². The van der Waals surface area contributed by atoms with E-state index in [9.17, 15) is 0 Å². The van der Waals surface area contributed by atoms with Crippen LogP contribution in [0, 0.1) is 0 Å². The highest BCUT2D eigenvalue weighted by Gasteiger charge is 2.11. The van der Waals surface area contributed by atoms with Crippen molar-refractivity contribution in [1.29, 1.82) is 0 Å². The molecule has 1 aromatic heterocycles. The molecule has 0 spiro atoms. The van der Waals surface area contributed by atoms with Crippen molar-refractivity contribution in [2.75, 3.05) is 38.2 Å². The molecule has 0 saturated heterocycles. The zero-order valence-corrected chi connectivity index (χ0v) is 17.7. The fourth-order valence-electron chi connectivity index (χ4n) is 3.27. The monoisotopic (exact) mass is 420 g/mol. The molecule has 0 aliphatic carbocycles. The van der Waals surface area contributed by atoms with E-state index in [-0.39, 0.29) is 6.41 Å². The molecule has 2 heterocycles. The van der Waals surface area contributed by atoms with Gasteiger partial charge in [-0.3, -0.25) is 4.79 Å². The highest BCUT2D eigenvalue weighted by atomic mass is 16.1. The quantitative estimate of drug-likeness (QED) is 0.447. The number of nitrogens with zero attached hydrogens (tertiary/aromatic N) is 4. The van der Waals surface area contributed by atoms with Gasteiger partial charge in [0.15, 0.2) is 0 Å². The summed E-state index contributed by atoms with van der Waals surface area (Å²) in [5, 5.41) is 11.0. The Morgan fingerprint density at radius 2 is 1.84 bits per heavy atom. The third-order valence-electron chi connectivity index (χ3n) is 4.63. The normalized spacial score (nSPS) is 12.8. The molecule has 1 amide bonds. The molecule has 9 nitrogen and oxygen atoms in total. The van der Waals surface area contributed by atoms with E-state index in [0.717, 1.165) is 31.0 Å². The van der Waals surface area contributed by atoms with Gasteiger partial charge in [0.2, 0.25) is 18.3 Å². The smallest absolute Gasteiger partial charge is 0.248 e. The first-order chi connectivity index (χ1) is 15.0. The summed E-state index contributed by atoms with van der Waals surface area (Å²) in [5.74, 6) is 0.825. The van der Waals surface area contributed by atoms with Crippen molar-refractivity contribution in [3.8, 4) is 5.69 Å². The Labute approximate surface area is 181 Å². The number of hydrogen-bond acceptors (Lipinski definition) is 7. The van der Waals surface area contributed by atoms with Crippen LogP contribution in [-0.2, 0) is 11.3 Å². The van der Waals surface area contributed by atoms with Crippen LogP contribution in [0.25, 0.3) is 11.3 Å². The first-order valence-corrected chi connectivity index (χ1v) is 9.89. The van der Waals surface area contributed by atoms with E-state index in [2.05, 4.69) is 75.8 Å². The van der Waals surface area contributed by atoms with Gasteiger partial charge in [0, 0.05) is 25.3 Å². The second-order valence-corrected chi connectivity index (χ2v) is 7.31. The number of carbonyl (C=O) groups is 1. The number of anilines is 3. The van der Waals surface area contributed by atoms with E-state index in [0.29, 0.717) is 11.9 Å². The highest BCUT2D eigenvalue weighted by molar-refractivity contribution is 5.69. The number of carbonyl (C=O) groups excluding carboxylic acids is 1. The molecule has 162 valence electrons. The van der Waals surface area contributed by atoms with Crippen LogP contribution in [0.4, 0.5) is 17.6 Å². The van der Waals surface area contributed by atoms with Gasteiger partial charge in [0.05, 0.1) is 5.69 Å². The number of primary amides is 1. The van der Waals surface area contributed by atoms with Gasteiger partial charge < -0.3 is 27.0 Å². The van der Waals surface area contributed by atoms with Crippen LogP contribution in [0.1, 0.15) is 11.1 Å². The molecule has 0 saturated carbocycles. The van der Waals surface area contributed by atoms with E-state index in [1.54, 1.807) is 4.68 Å². The minimum atomic E-state index is 0.250. The lowest BCUT2D eigenvalue weighted by Crippen LogP contribution is -2.10. The van der Waals surface area contributed by atoms with Gasteiger partial charge in [-0.1, -0.05) is 30.3 Å². The molecule has 0 radical (unpaired) electrons. The van der Waals surface area contributed by atoms with Crippen LogP contribution in [0.15, 0.2) is 54.6 Å². The Morgan fingerprint density at radius 1 is 1.16 bits per heavy atom. The van der Waals surface area contributed by atoms with E-state index in [4.69, 9.17) is 10.5 Å². The molecule has 3 aromatic rings. The average molecular weight is 421 g/mol. The summed E-state index contributed by atoms with van der Waals surface area (Å²) in [6, 6.07) is 16.4. The van der Waals surface area contributed by atoms with Crippen molar-refractivity contribution < 1.29 is 4.79 Å². The Bertz CT molecular complexity index is 1020. The SMILES string of the molecule is CN(C)Cc1ccc(Nc2nc(N)n(-c3ccc(C4=CCNC4)cc3)n2)cc1.NC=O. The minimum absolute atomic E-state index is 0.250. The van der Waals surface area contributed by atoms with Gasteiger partial charge in [0.1, 0.15) is 0 Å². The second-order valence-electron chi connectivity index (χ2n) is 7.31. The Balaban J connectivity index is 0.000000858. The average Bonchev–Trinajstić information content (AvgIpc) is 3.40. The van der Waals surface area contributed by atoms with Crippen molar-refractivity contribution in [3.63, 3.8) is 0 Å². The maximum absolute atomic E-state index is 8.58. The standard InChI is InChI=1S/C21H25N7.CH3NO/c1-27(2)14-15-3-7-18(8-4-15)24-21-25-20(22)28(26-21)19-9-5-16(6-10-19)17-11-12-23-13-17;2-1-3/h3-11,23H,12-14H2,1-2H3,(H3,22,24,25,26);1H,(H2,2,3). The number of aromatic nitrogens is 3. The lowest BCUT2D eigenvalue weighted by Gasteiger charge is -2.10. The fourth-order valence-corrected chi connectivity index (χ4v) is 3.27. The summed E-state index contributed by atoms with van der Waals surface area (Å²) in [4.78, 5) is 15.1. The molecule has 6 N–H and O–H groups in total. The van der Waals surface area contributed by atoms with E-state index in [1.165, 1.54) is 16.7 Å². The lowest BCUT2D eigenvalue weighted by molar-refractivity contribution is -0.106. The molecule has 1 aliphatic heterocycles. The predicted octanol–water partition coefficient (Wildman–Crippen LogP) is 1.74. The first kappa shape index (κ1) is 22.0. The van der Waals surface area contributed by atoms with E-state index < -0.39 is 0 Å². The third-order valence-corrected chi connectivity index (χ3v) is 4.63. The van der Waals surface area contributed by atoms with Crippen LogP contribution < -0.4 is 22.1 Å². The Hall–Kier alpha value is -3.69. The van der Waals surface area contributed by atoms with Gasteiger partial charge in [0.25, 0.3) is 0 Å². The molecule has 0 bridgehead atoms. The minimum Gasteiger partial charge on any atom is -0.372 e. The van der Waals surface area contributed by atoms with Gasteiger partial charge in [-0.2, -0.15) is 9.67 Å². The molecular formula is C22H28N8O. The Morgan fingerprint density at radius 3 is 2.42 bits per heavy atom. The summed E-state index contributed by atoms with van der Waals surface area (Å²) in [6.45, 7) is 2.74. The van der Waals surface area contributed by atoms with Gasteiger partial charge in [-0.25, -0.2) is 0 Å². The molecule has 0 unspecified atom stereocenters. The first-order valence-electron chi connectivity index (χ1n) is 9.89. The molecule has 2 aromatic carbocycles. The number of nitrogens with one attached hydrogen (secondary N) is 2. The zero-order valence-electron chi connectivity index (χ0n) is 17.7. The molecular weight excluding hydrogens is 392 g/mol. The van der Waals surface area contributed by atoms with Crippen LogP contribution in [0.5, 0.6) is 0 Å². The summed E-state index contributed by atoms with van der Waals surface area (Å²) in [5.41, 5.74) is 15.8. The number of nitrogens with two attached hydrogens (primary N) is 2. The number of amides is 1. The summed E-state index contributed by atoms with van der Waals surface area (Å²) in [6.07, 6.45) is 2.46. The molecule has 4 rings (SSSR count). The van der Waals surface area contributed by atoms with Crippen molar-refractivity contribution in [2.45, 2.75) is 6.54 Å². The predicted molar refractivity (Wildman–Crippen MR) is 124 cm³/mol. The van der Waals surface area contributed by atoms with Crippen molar-refractivity contribution in [3.05, 3.63) is 65.7 Å². The molecule has 0 atom stereocenters. The topological polar surface area (TPSA) is 127 Å². The molecule has 0 fully saturated rings. The van der Waals surface area contributed by atoms with Crippen LogP contribution in [0.2, 0.25) is 0 Å². The number of benzene rings is 2. The molecule has 1 aliphatic rings. The third kappa shape index (κ3) is 5.91. The maximum atomic E-state index is 8.58. The van der Waals surface area contributed by atoms with Crippen LogP contribution in [-0.4, -0.2) is 53.3 Å².